The van der Waals surface area contributed by atoms with Gasteiger partial charge in [0.25, 0.3) is 11.8 Å². The van der Waals surface area contributed by atoms with Gasteiger partial charge in [-0.3, -0.25) is 14.7 Å². The van der Waals surface area contributed by atoms with E-state index in [2.05, 4.69) is 25.5 Å². The number of carbonyl (C=O) groups excluding carboxylic acids is 2. The third kappa shape index (κ3) is 4.93. The summed E-state index contributed by atoms with van der Waals surface area (Å²) < 4.78 is 17.2. The molecule has 2 saturated heterocycles. The monoisotopic (exact) mass is 450 g/mol. The number of amides is 2. The van der Waals surface area contributed by atoms with Gasteiger partial charge in [-0.05, 0) is 18.6 Å². The number of hydrogen-bond donors (Lipinski definition) is 2. The van der Waals surface area contributed by atoms with Gasteiger partial charge in [-0.2, -0.15) is 5.10 Å². The Labute approximate surface area is 189 Å². The van der Waals surface area contributed by atoms with Crippen molar-refractivity contribution in [3.05, 3.63) is 54.1 Å². The lowest BCUT2D eigenvalue weighted by Gasteiger charge is -2.30. The second kappa shape index (κ2) is 9.25. The van der Waals surface area contributed by atoms with Crippen molar-refractivity contribution < 1.29 is 23.8 Å². The number of nitrogens with zero attached hydrogens (tertiary/aromatic N) is 4. The summed E-state index contributed by atoms with van der Waals surface area (Å²) >= 11 is 0. The number of anilines is 1. The summed E-state index contributed by atoms with van der Waals surface area (Å²) in [7, 11) is 0. The molecule has 2 aliphatic heterocycles. The van der Waals surface area contributed by atoms with Crippen LogP contribution in [0.4, 0.5) is 5.82 Å². The van der Waals surface area contributed by atoms with Crippen molar-refractivity contribution in [3.8, 4) is 17.4 Å². The molecule has 0 radical (unpaired) electrons. The molecule has 33 heavy (non-hydrogen) atoms. The molecule has 1 atom stereocenters. The first-order chi connectivity index (χ1) is 16.1. The van der Waals surface area contributed by atoms with Crippen LogP contribution >= 0.6 is 0 Å². The highest BCUT2D eigenvalue weighted by Crippen LogP contribution is 2.28. The van der Waals surface area contributed by atoms with Crippen LogP contribution in [-0.2, 0) is 4.74 Å². The summed E-state index contributed by atoms with van der Waals surface area (Å²) in [6.45, 7) is 2.59. The van der Waals surface area contributed by atoms with Gasteiger partial charge in [-0.15, -0.1) is 0 Å². The Balaban J connectivity index is 1.35. The molecule has 3 aromatic rings. The molecule has 2 fully saturated rings. The van der Waals surface area contributed by atoms with Gasteiger partial charge in [0.15, 0.2) is 5.82 Å². The minimum absolute atomic E-state index is 0.103. The Hall–Kier alpha value is -3.99. The second-order valence-corrected chi connectivity index (χ2v) is 7.70. The lowest BCUT2D eigenvalue weighted by atomic mass is 10.2. The molecule has 2 amide bonds. The third-order valence-electron chi connectivity index (χ3n) is 5.29. The van der Waals surface area contributed by atoms with Gasteiger partial charge in [0.05, 0.1) is 25.6 Å². The van der Waals surface area contributed by atoms with Crippen molar-refractivity contribution in [1.82, 2.24) is 25.1 Å². The smallest absolute Gasteiger partial charge is 0.274 e. The van der Waals surface area contributed by atoms with E-state index >= 15 is 0 Å². The second-order valence-electron chi connectivity index (χ2n) is 7.70. The predicted octanol–water partition coefficient (Wildman–Crippen LogP) is 2.26. The van der Waals surface area contributed by atoms with E-state index in [0.717, 1.165) is 25.9 Å². The molecule has 11 nitrogen and oxygen atoms in total. The molecule has 5 rings (SSSR count). The summed E-state index contributed by atoms with van der Waals surface area (Å²) in [4.78, 5) is 35.1. The van der Waals surface area contributed by atoms with Gasteiger partial charge in [0.1, 0.15) is 23.3 Å². The van der Waals surface area contributed by atoms with Gasteiger partial charge in [0, 0.05) is 43.4 Å². The van der Waals surface area contributed by atoms with Gasteiger partial charge in [-0.1, -0.05) is 0 Å². The normalized spacial score (nSPS) is 17.3. The number of aromatic amines is 1. The fourth-order valence-corrected chi connectivity index (χ4v) is 3.43. The number of benzene rings is 1. The molecular weight excluding hydrogens is 428 g/mol. The maximum atomic E-state index is 12.8. The maximum Gasteiger partial charge on any atom is 0.274 e. The fourth-order valence-electron chi connectivity index (χ4n) is 3.43. The van der Waals surface area contributed by atoms with E-state index in [0.29, 0.717) is 36.1 Å². The lowest BCUT2D eigenvalue weighted by Crippen LogP contribution is -2.42. The van der Waals surface area contributed by atoms with Crippen molar-refractivity contribution in [2.45, 2.75) is 18.9 Å². The van der Waals surface area contributed by atoms with Crippen LogP contribution in [-0.4, -0.2) is 69.3 Å². The molecule has 0 bridgehead atoms. The van der Waals surface area contributed by atoms with Gasteiger partial charge >= 0.3 is 0 Å². The molecule has 0 saturated carbocycles. The molecule has 2 N–H and O–H groups in total. The fraction of sp³-hybridized carbons (Fsp3) is 0.318. The highest BCUT2D eigenvalue weighted by molar-refractivity contribution is 6.04. The van der Waals surface area contributed by atoms with Crippen LogP contribution in [0.3, 0.4) is 0 Å². The maximum absolute atomic E-state index is 12.8. The average Bonchev–Trinajstić information content (AvgIpc) is 3.47. The zero-order valence-corrected chi connectivity index (χ0v) is 17.7. The van der Waals surface area contributed by atoms with E-state index in [4.69, 9.17) is 14.2 Å². The molecule has 2 aromatic heterocycles. The molecule has 170 valence electrons. The summed E-state index contributed by atoms with van der Waals surface area (Å²) in [5.41, 5.74) is 0.585. The molecule has 0 aliphatic carbocycles. The Morgan fingerprint density at radius 3 is 2.70 bits per heavy atom. The van der Waals surface area contributed by atoms with Crippen molar-refractivity contribution in [1.29, 1.82) is 0 Å². The van der Waals surface area contributed by atoms with Crippen LogP contribution in [0.5, 0.6) is 17.4 Å². The molecular formula is C22H22N6O5. The van der Waals surface area contributed by atoms with E-state index in [1.54, 1.807) is 35.4 Å². The minimum Gasteiger partial charge on any atom is -0.488 e. The SMILES string of the molecule is O=C(Nc1cc[nH]n1)c1cc(Oc2cnc(C(=O)N3CCC3)cn2)cc(O[C@H]2CCOC2)c1. The Morgan fingerprint density at radius 2 is 2.03 bits per heavy atom. The van der Waals surface area contributed by atoms with Crippen LogP contribution in [0.1, 0.15) is 33.7 Å². The predicted molar refractivity (Wildman–Crippen MR) is 115 cm³/mol. The highest BCUT2D eigenvalue weighted by atomic mass is 16.5. The summed E-state index contributed by atoms with van der Waals surface area (Å²) in [6, 6.07) is 6.52. The molecule has 2 aliphatic rings. The zero-order chi connectivity index (χ0) is 22.6. The Morgan fingerprint density at radius 1 is 1.15 bits per heavy atom. The van der Waals surface area contributed by atoms with Crippen LogP contribution in [0.25, 0.3) is 0 Å². The van der Waals surface area contributed by atoms with Crippen LogP contribution < -0.4 is 14.8 Å². The number of aromatic nitrogens is 4. The quantitative estimate of drug-likeness (QED) is 0.560. The van der Waals surface area contributed by atoms with Gasteiger partial charge in [0.2, 0.25) is 5.88 Å². The largest absolute Gasteiger partial charge is 0.488 e. The highest BCUT2D eigenvalue weighted by Gasteiger charge is 2.23. The number of carbonyl (C=O) groups is 2. The van der Waals surface area contributed by atoms with Crippen molar-refractivity contribution in [2.75, 3.05) is 31.6 Å². The van der Waals surface area contributed by atoms with Crippen molar-refractivity contribution in [2.24, 2.45) is 0 Å². The number of rotatable bonds is 7. The van der Waals surface area contributed by atoms with Gasteiger partial charge in [-0.25, -0.2) is 9.97 Å². The topological polar surface area (TPSA) is 132 Å². The van der Waals surface area contributed by atoms with Crippen molar-refractivity contribution >= 4 is 17.6 Å². The Bertz CT molecular complexity index is 1120. The van der Waals surface area contributed by atoms with E-state index in [-0.39, 0.29) is 29.5 Å². The first-order valence-corrected chi connectivity index (χ1v) is 10.6. The first kappa shape index (κ1) is 20.9. The average molecular weight is 450 g/mol. The van der Waals surface area contributed by atoms with E-state index in [1.165, 1.54) is 12.4 Å². The summed E-state index contributed by atoms with van der Waals surface area (Å²) in [5, 5.41) is 9.29. The summed E-state index contributed by atoms with van der Waals surface area (Å²) in [6.07, 6.45) is 6.04. The van der Waals surface area contributed by atoms with E-state index in [1.807, 2.05) is 0 Å². The minimum atomic E-state index is -0.373. The zero-order valence-electron chi connectivity index (χ0n) is 17.7. The standard InChI is InChI=1S/C22H22N6O5/c29-21(26-19-2-4-25-27-19)14-8-16(32-15-3-7-31-13-15)10-17(9-14)33-20-12-23-18(11-24-20)22(30)28-5-1-6-28/h2,4,8-12,15H,1,3,5-7,13H2,(H2,25,26,27,29)/t15-/m0/s1. The Kier molecular flexibility index (Phi) is 5.85. The number of nitrogens with one attached hydrogen (secondary N) is 2. The number of hydrogen-bond acceptors (Lipinski definition) is 8. The first-order valence-electron chi connectivity index (χ1n) is 10.6. The lowest BCUT2D eigenvalue weighted by molar-refractivity contribution is 0.0645. The van der Waals surface area contributed by atoms with Gasteiger partial charge < -0.3 is 24.4 Å². The number of ether oxygens (including phenoxy) is 3. The van der Waals surface area contributed by atoms with Crippen LogP contribution in [0.2, 0.25) is 0 Å². The van der Waals surface area contributed by atoms with E-state index < -0.39 is 0 Å². The van der Waals surface area contributed by atoms with E-state index in [9.17, 15) is 9.59 Å². The third-order valence-corrected chi connectivity index (χ3v) is 5.29. The molecule has 4 heterocycles. The molecule has 0 spiro atoms. The van der Waals surface area contributed by atoms with Crippen molar-refractivity contribution in [3.63, 3.8) is 0 Å². The van der Waals surface area contributed by atoms with Crippen LogP contribution in [0, 0.1) is 0 Å². The summed E-state index contributed by atoms with van der Waals surface area (Å²) in [5.74, 6) is 0.873. The van der Waals surface area contributed by atoms with Crippen LogP contribution in [0.15, 0.2) is 42.9 Å². The molecule has 11 heteroatoms. The molecule has 0 unspecified atom stereocenters. The number of likely N-dealkylation sites (tertiary alicyclic amines) is 1. The number of H-pyrrole nitrogens is 1. The molecule has 1 aromatic carbocycles.